The van der Waals surface area contributed by atoms with Gasteiger partial charge < -0.3 is 0 Å². The predicted molar refractivity (Wildman–Crippen MR) is 114 cm³/mol. The maximum absolute atomic E-state index is 12.7. The van der Waals surface area contributed by atoms with E-state index in [1.807, 2.05) is 46.4 Å². The molecule has 5 nitrogen and oxygen atoms in total. The van der Waals surface area contributed by atoms with E-state index in [4.69, 9.17) is 0 Å². The monoisotopic (exact) mass is 411 g/mol. The minimum atomic E-state index is -3.63. The Hall–Kier alpha value is -2.64. The third-order valence-corrected chi connectivity index (χ3v) is 6.72. The van der Waals surface area contributed by atoms with E-state index in [-0.39, 0.29) is 10.3 Å². The lowest BCUT2D eigenvalue weighted by atomic mass is 9.87. The van der Waals surface area contributed by atoms with Crippen molar-refractivity contribution in [2.75, 3.05) is 4.72 Å². The Morgan fingerprint density at radius 1 is 1.00 bits per heavy atom. The fourth-order valence-electron chi connectivity index (χ4n) is 2.92. The number of rotatable bonds is 4. The summed E-state index contributed by atoms with van der Waals surface area (Å²) < 4.78 is 30.0. The highest BCUT2D eigenvalue weighted by molar-refractivity contribution is 7.92. The number of anilines is 1. The van der Waals surface area contributed by atoms with Crippen LogP contribution in [0.2, 0.25) is 0 Å². The van der Waals surface area contributed by atoms with Gasteiger partial charge in [0.1, 0.15) is 0 Å². The second-order valence-corrected chi connectivity index (χ2v) is 10.2. The van der Waals surface area contributed by atoms with Crippen LogP contribution in [0.3, 0.4) is 0 Å². The number of fused-ring (bicyclic) bond motifs is 1. The summed E-state index contributed by atoms with van der Waals surface area (Å²) in [5.74, 6) is 0. The quantitative estimate of drug-likeness (QED) is 0.504. The topological polar surface area (TPSA) is 63.5 Å². The average molecular weight is 412 g/mol. The number of aromatic nitrogens is 2. The SMILES string of the molecule is CC(C)(C)c1ccc(S(=O)(=O)Nc2ccc(-c3cn4ccsc4n3)cc2)cc1. The molecule has 0 spiro atoms. The summed E-state index contributed by atoms with van der Waals surface area (Å²) in [6.45, 7) is 6.29. The van der Waals surface area contributed by atoms with Crippen molar-refractivity contribution in [1.29, 1.82) is 0 Å². The van der Waals surface area contributed by atoms with Crippen LogP contribution in [-0.2, 0) is 15.4 Å². The summed E-state index contributed by atoms with van der Waals surface area (Å²) in [6, 6.07) is 14.3. The van der Waals surface area contributed by atoms with E-state index in [0.29, 0.717) is 5.69 Å². The first-order chi connectivity index (χ1) is 13.2. The molecule has 0 saturated carbocycles. The van der Waals surface area contributed by atoms with Gasteiger partial charge in [0, 0.05) is 29.0 Å². The van der Waals surface area contributed by atoms with Gasteiger partial charge in [-0.3, -0.25) is 9.12 Å². The molecule has 4 aromatic rings. The number of hydrogen-bond acceptors (Lipinski definition) is 4. The zero-order valence-corrected chi connectivity index (χ0v) is 17.5. The number of thiazole rings is 1. The third kappa shape index (κ3) is 3.68. The Morgan fingerprint density at radius 2 is 1.68 bits per heavy atom. The van der Waals surface area contributed by atoms with Crippen molar-refractivity contribution in [3.63, 3.8) is 0 Å². The van der Waals surface area contributed by atoms with Crippen LogP contribution in [-0.4, -0.2) is 17.8 Å². The molecule has 0 aliphatic rings. The molecular formula is C21H21N3O2S2. The Morgan fingerprint density at radius 3 is 2.29 bits per heavy atom. The van der Waals surface area contributed by atoms with Crippen molar-refractivity contribution in [2.24, 2.45) is 0 Å². The van der Waals surface area contributed by atoms with Gasteiger partial charge in [0.05, 0.1) is 10.6 Å². The maximum atomic E-state index is 12.7. The maximum Gasteiger partial charge on any atom is 0.261 e. The van der Waals surface area contributed by atoms with Gasteiger partial charge in [0.2, 0.25) is 0 Å². The third-order valence-electron chi connectivity index (χ3n) is 4.56. The van der Waals surface area contributed by atoms with Crippen LogP contribution < -0.4 is 4.72 Å². The molecule has 28 heavy (non-hydrogen) atoms. The van der Waals surface area contributed by atoms with Gasteiger partial charge in [-0.15, -0.1) is 11.3 Å². The first-order valence-electron chi connectivity index (χ1n) is 8.88. The van der Waals surface area contributed by atoms with Crippen molar-refractivity contribution >= 4 is 32.0 Å². The fourth-order valence-corrected chi connectivity index (χ4v) is 4.68. The molecule has 144 valence electrons. The average Bonchev–Trinajstić information content (AvgIpc) is 3.23. The van der Waals surface area contributed by atoms with Crippen molar-refractivity contribution in [3.8, 4) is 11.3 Å². The number of hydrogen-bond donors (Lipinski definition) is 1. The zero-order chi connectivity index (χ0) is 19.9. The molecule has 0 bridgehead atoms. The lowest BCUT2D eigenvalue weighted by Gasteiger charge is -2.19. The summed E-state index contributed by atoms with van der Waals surface area (Å²) in [5, 5.41) is 1.98. The van der Waals surface area contributed by atoms with E-state index < -0.39 is 10.0 Å². The highest BCUT2D eigenvalue weighted by Crippen LogP contribution is 2.26. The number of imidazole rings is 1. The van der Waals surface area contributed by atoms with Gasteiger partial charge in [-0.05, 0) is 35.2 Å². The Labute approximate surface area is 168 Å². The zero-order valence-electron chi connectivity index (χ0n) is 15.9. The molecule has 0 aliphatic heterocycles. The van der Waals surface area contributed by atoms with Crippen LogP contribution in [0, 0.1) is 0 Å². The molecule has 0 amide bonds. The molecule has 2 aromatic heterocycles. The molecule has 0 fully saturated rings. The molecule has 1 N–H and O–H groups in total. The molecule has 2 heterocycles. The molecule has 2 aromatic carbocycles. The molecule has 4 rings (SSSR count). The van der Waals surface area contributed by atoms with E-state index in [9.17, 15) is 8.42 Å². The Kier molecular flexibility index (Phi) is 4.51. The fraction of sp³-hybridized carbons (Fsp3) is 0.190. The predicted octanol–water partition coefficient (Wildman–Crippen LogP) is 5.16. The lowest BCUT2D eigenvalue weighted by Crippen LogP contribution is -2.14. The first kappa shape index (κ1) is 18.7. The molecule has 0 unspecified atom stereocenters. The molecule has 7 heteroatoms. The van der Waals surface area contributed by atoms with Crippen molar-refractivity contribution in [3.05, 3.63) is 71.9 Å². The van der Waals surface area contributed by atoms with Gasteiger partial charge in [-0.25, -0.2) is 13.4 Å². The lowest BCUT2D eigenvalue weighted by molar-refractivity contribution is 0.587. The number of nitrogens with one attached hydrogen (secondary N) is 1. The summed E-state index contributed by atoms with van der Waals surface area (Å²) in [6.07, 6.45) is 3.92. The molecule has 0 aliphatic carbocycles. The Balaban J connectivity index is 1.54. The van der Waals surface area contributed by atoms with Crippen molar-refractivity contribution < 1.29 is 8.42 Å². The highest BCUT2D eigenvalue weighted by Gasteiger charge is 2.18. The van der Waals surface area contributed by atoms with Gasteiger partial charge >= 0.3 is 0 Å². The van der Waals surface area contributed by atoms with E-state index in [1.54, 1.807) is 35.6 Å². The highest BCUT2D eigenvalue weighted by atomic mass is 32.2. The number of benzene rings is 2. The van der Waals surface area contributed by atoms with Crippen molar-refractivity contribution in [1.82, 2.24) is 9.38 Å². The van der Waals surface area contributed by atoms with Crippen LogP contribution in [0.1, 0.15) is 26.3 Å². The summed E-state index contributed by atoms with van der Waals surface area (Å²) in [7, 11) is -3.63. The molecule has 0 saturated heterocycles. The van der Waals surface area contributed by atoms with Crippen LogP contribution in [0.15, 0.2) is 71.2 Å². The van der Waals surface area contributed by atoms with Gasteiger partial charge in [-0.2, -0.15) is 0 Å². The van der Waals surface area contributed by atoms with E-state index in [1.165, 1.54) is 0 Å². The minimum Gasteiger partial charge on any atom is -0.297 e. The molecular weight excluding hydrogens is 390 g/mol. The van der Waals surface area contributed by atoms with E-state index >= 15 is 0 Å². The van der Waals surface area contributed by atoms with E-state index in [0.717, 1.165) is 21.8 Å². The largest absolute Gasteiger partial charge is 0.297 e. The minimum absolute atomic E-state index is 0.0207. The van der Waals surface area contributed by atoms with Crippen LogP contribution >= 0.6 is 11.3 Å². The second-order valence-electron chi connectivity index (χ2n) is 7.68. The number of sulfonamides is 1. The normalized spacial score (nSPS) is 12.4. The number of nitrogens with zero attached hydrogens (tertiary/aromatic N) is 2. The standard InChI is InChI=1S/C21H21N3O2S2/c1-21(2,3)16-6-10-18(11-7-16)28(25,26)23-17-8-4-15(5-9-17)19-14-24-12-13-27-20(24)22-19/h4-14,23H,1-3H3. The second kappa shape index (κ2) is 6.76. The van der Waals surface area contributed by atoms with Crippen LogP contribution in [0.5, 0.6) is 0 Å². The molecule has 0 radical (unpaired) electrons. The Bertz CT molecular complexity index is 1180. The van der Waals surface area contributed by atoms with E-state index in [2.05, 4.69) is 30.5 Å². The van der Waals surface area contributed by atoms with Crippen molar-refractivity contribution in [2.45, 2.75) is 31.1 Å². The summed E-state index contributed by atoms with van der Waals surface area (Å²) in [5.41, 5.74) is 3.39. The van der Waals surface area contributed by atoms with Gasteiger partial charge in [-0.1, -0.05) is 45.0 Å². The first-order valence-corrected chi connectivity index (χ1v) is 11.2. The van der Waals surface area contributed by atoms with Gasteiger partial charge in [0.25, 0.3) is 10.0 Å². The summed E-state index contributed by atoms with van der Waals surface area (Å²) in [4.78, 5) is 5.74. The smallest absolute Gasteiger partial charge is 0.261 e. The molecule has 0 atom stereocenters. The summed E-state index contributed by atoms with van der Waals surface area (Å²) >= 11 is 1.57. The van der Waals surface area contributed by atoms with Crippen LogP contribution in [0.4, 0.5) is 5.69 Å². The van der Waals surface area contributed by atoms with Crippen LogP contribution in [0.25, 0.3) is 16.2 Å². The van der Waals surface area contributed by atoms with Gasteiger partial charge in [0.15, 0.2) is 4.96 Å².